The minimum Gasteiger partial charge on any atom is -0.347 e. The molecule has 1 aromatic rings. The smallest absolute Gasteiger partial charge is 0.242 e. The molecule has 5 heteroatoms. The third-order valence-electron chi connectivity index (χ3n) is 4.59. The molecule has 2 atom stereocenters. The summed E-state index contributed by atoms with van der Waals surface area (Å²) in [6.45, 7) is 1.96. The van der Waals surface area contributed by atoms with Gasteiger partial charge in [0.05, 0.1) is 13.0 Å². The highest BCUT2D eigenvalue weighted by Gasteiger charge is 2.37. The molecule has 2 heterocycles. The van der Waals surface area contributed by atoms with Gasteiger partial charge in [0.1, 0.15) is 0 Å². The Morgan fingerprint density at radius 1 is 1.14 bits per heavy atom. The van der Waals surface area contributed by atoms with Crippen LogP contribution < -0.4 is 10.6 Å². The normalized spacial score (nSPS) is 23.9. The predicted octanol–water partition coefficient (Wildman–Crippen LogP) is 0.698. The van der Waals surface area contributed by atoms with Crippen LogP contribution >= 0.6 is 0 Å². The van der Waals surface area contributed by atoms with Crippen molar-refractivity contribution in [1.29, 1.82) is 0 Å². The molecule has 2 fully saturated rings. The van der Waals surface area contributed by atoms with Crippen LogP contribution in [0.25, 0.3) is 0 Å². The Hall–Kier alpha value is -1.88. The van der Waals surface area contributed by atoms with Crippen LogP contribution in [0.5, 0.6) is 0 Å². The number of hydrogen-bond donors (Lipinski definition) is 2. The number of nitrogens with one attached hydrogen (secondary N) is 2. The van der Waals surface area contributed by atoms with Crippen LogP contribution in [-0.2, 0) is 16.0 Å². The van der Waals surface area contributed by atoms with Gasteiger partial charge in [0.25, 0.3) is 0 Å². The molecule has 2 aliphatic heterocycles. The average molecular weight is 301 g/mol. The van der Waals surface area contributed by atoms with E-state index in [1.807, 2.05) is 35.2 Å². The summed E-state index contributed by atoms with van der Waals surface area (Å²) in [5.74, 6) is -0.0440. The lowest BCUT2D eigenvalue weighted by Crippen LogP contribution is -2.47. The topological polar surface area (TPSA) is 61.4 Å². The summed E-state index contributed by atoms with van der Waals surface area (Å²) in [6, 6.07) is 10.2. The Bertz CT molecular complexity index is 518. The summed E-state index contributed by atoms with van der Waals surface area (Å²) >= 11 is 0. The van der Waals surface area contributed by atoms with Crippen LogP contribution in [0.15, 0.2) is 30.3 Å². The summed E-state index contributed by atoms with van der Waals surface area (Å²) in [6.07, 6.45) is 3.50. The van der Waals surface area contributed by atoms with Gasteiger partial charge < -0.3 is 15.5 Å². The molecular weight excluding hydrogens is 278 g/mol. The SMILES string of the molecule is O=C(Cc1ccccc1)NCC(=O)N1C2CCNCC1CC2. The lowest BCUT2D eigenvalue weighted by atomic mass is 10.1. The maximum absolute atomic E-state index is 12.5. The Labute approximate surface area is 131 Å². The molecule has 0 spiro atoms. The minimum absolute atomic E-state index is 0.0533. The van der Waals surface area contributed by atoms with Crippen molar-refractivity contribution in [2.24, 2.45) is 0 Å². The Balaban J connectivity index is 1.50. The molecule has 0 aliphatic carbocycles. The summed E-state index contributed by atoms with van der Waals surface area (Å²) in [4.78, 5) is 26.4. The predicted molar refractivity (Wildman–Crippen MR) is 84.3 cm³/mol. The third kappa shape index (κ3) is 3.47. The molecule has 118 valence electrons. The number of nitrogens with zero attached hydrogens (tertiary/aromatic N) is 1. The molecule has 0 saturated carbocycles. The second-order valence-corrected chi connectivity index (χ2v) is 6.12. The fourth-order valence-electron chi connectivity index (χ4n) is 3.50. The first-order chi connectivity index (χ1) is 10.7. The van der Waals surface area contributed by atoms with Crippen LogP contribution in [0.1, 0.15) is 24.8 Å². The highest BCUT2D eigenvalue weighted by molar-refractivity contribution is 5.86. The van der Waals surface area contributed by atoms with Gasteiger partial charge >= 0.3 is 0 Å². The van der Waals surface area contributed by atoms with Gasteiger partial charge in [0.2, 0.25) is 11.8 Å². The van der Waals surface area contributed by atoms with E-state index >= 15 is 0 Å². The van der Waals surface area contributed by atoms with Crippen LogP contribution in [0.4, 0.5) is 0 Å². The van der Waals surface area contributed by atoms with Crippen LogP contribution in [0.2, 0.25) is 0 Å². The van der Waals surface area contributed by atoms with Gasteiger partial charge in [-0.05, 0) is 31.4 Å². The van der Waals surface area contributed by atoms with E-state index in [9.17, 15) is 9.59 Å². The monoisotopic (exact) mass is 301 g/mol. The van der Waals surface area contributed by atoms with Crippen molar-refractivity contribution in [3.8, 4) is 0 Å². The molecule has 2 saturated heterocycles. The second kappa shape index (κ2) is 6.92. The molecule has 22 heavy (non-hydrogen) atoms. The highest BCUT2D eigenvalue weighted by Crippen LogP contribution is 2.27. The third-order valence-corrected chi connectivity index (χ3v) is 4.59. The van der Waals surface area contributed by atoms with Crippen LogP contribution in [0.3, 0.4) is 0 Å². The van der Waals surface area contributed by atoms with Crippen LogP contribution in [0, 0.1) is 0 Å². The summed E-state index contributed by atoms with van der Waals surface area (Å²) in [7, 11) is 0. The quantitative estimate of drug-likeness (QED) is 0.860. The van der Waals surface area contributed by atoms with Crippen molar-refractivity contribution in [3.05, 3.63) is 35.9 Å². The van der Waals surface area contributed by atoms with E-state index in [1.54, 1.807) is 0 Å². The summed E-state index contributed by atoms with van der Waals surface area (Å²) < 4.78 is 0. The molecule has 2 unspecified atom stereocenters. The molecule has 1 aromatic carbocycles. The van der Waals surface area contributed by atoms with Gasteiger partial charge in [-0.15, -0.1) is 0 Å². The molecule has 2 N–H and O–H groups in total. The van der Waals surface area contributed by atoms with Gasteiger partial charge in [0.15, 0.2) is 0 Å². The Morgan fingerprint density at radius 2 is 1.91 bits per heavy atom. The largest absolute Gasteiger partial charge is 0.347 e. The Morgan fingerprint density at radius 3 is 2.73 bits per heavy atom. The average Bonchev–Trinajstić information content (AvgIpc) is 2.79. The first kappa shape index (κ1) is 15.0. The standard InChI is InChI=1S/C17H23N3O2/c21-16(10-13-4-2-1-3-5-13)19-12-17(22)20-14-6-7-15(20)11-18-9-8-14/h1-5,14-15,18H,6-12H2,(H,19,21). The number of benzene rings is 1. The number of carbonyl (C=O) groups is 2. The molecule has 3 rings (SSSR count). The molecule has 0 aromatic heterocycles. The Kier molecular flexibility index (Phi) is 4.73. The molecule has 2 aliphatic rings. The van der Waals surface area contributed by atoms with E-state index < -0.39 is 0 Å². The van der Waals surface area contributed by atoms with Gasteiger partial charge in [-0.3, -0.25) is 9.59 Å². The first-order valence-electron chi connectivity index (χ1n) is 8.06. The van der Waals surface area contributed by atoms with Crippen molar-refractivity contribution in [1.82, 2.24) is 15.5 Å². The zero-order valence-corrected chi connectivity index (χ0v) is 12.8. The molecule has 0 radical (unpaired) electrons. The summed E-state index contributed by atoms with van der Waals surface area (Å²) in [5, 5.41) is 6.15. The zero-order valence-electron chi connectivity index (χ0n) is 12.8. The maximum atomic E-state index is 12.5. The number of hydrogen-bond acceptors (Lipinski definition) is 3. The molecular formula is C17H23N3O2. The van der Waals surface area contributed by atoms with E-state index in [2.05, 4.69) is 10.6 Å². The van der Waals surface area contributed by atoms with Crippen LogP contribution in [-0.4, -0.2) is 48.4 Å². The van der Waals surface area contributed by atoms with E-state index in [-0.39, 0.29) is 18.4 Å². The first-order valence-corrected chi connectivity index (χ1v) is 8.06. The van der Waals surface area contributed by atoms with Gasteiger partial charge in [-0.25, -0.2) is 0 Å². The maximum Gasteiger partial charge on any atom is 0.242 e. The molecule has 5 nitrogen and oxygen atoms in total. The lowest BCUT2D eigenvalue weighted by Gasteiger charge is -2.28. The molecule has 2 bridgehead atoms. The number of fused-ring (bicyclic) bond motifs is 2. The van der Waals surface area contributed by atoms with Gasteiger partial charge in [0, 0.05) is 18.6 Å². The van der Waals surface area contributed by atoms with E-state index in [0.717, 1.165) is 37.9 Å². The fraction of sp³-hybridized carbons (Fsp3) is 0.529. The summed E-state index contributed by atoms with van der Waals surface area (Å²) in [5.41, 5.74) is 0.964. The zero-order chi connectivity index (χ0) is 15.4. The van der Waals surface area contributed by atoms with Crippen molar-refractivity contribution < 1.29 is 9.59 Å². The van der Waals surface area contributed by atoms with Crippen molar-refractivity contribution >= 4 is 11.8 Å². The number of rotatable bonds is 4. The van der Waals surface area contributed by atoms with Gasteiger partial charge in [-0.2, -0.15) is 0 Å². The van der Waals surface area contributed by atoms with Crippen molar-refractivity contribution in [2.75, 3.05) is 19.6 Å². The van der Waals surface area contributed by atoms with Gasteiger partial charge in [-0.1, -0.05) is 30.3 Å². The second-order valence-electron chi connectivity index (χ2n) is 6.12. The fourth-order valence-corrected chi connectivity index (χ4v) is 3.50. The lowest BCUT2D eigenvalue weighted by molar-refractivity contribution is -0.134. The number of carbonyl (C=O) groups excluding carboxylic acids is 2. The van der Waals surface area contributed by atoms with Crippen molar-refractivity contribution in [2.45, 2.75) is 37.8 Å². The minimum atomic E-state index is -0.0974. The number of amides is 2. The van der Waals surface area contributed by atoms with E-state index in [4.69, 9.17) is 0 Å². The van der Waals surface area contributed by atoms with E-state index in [1.165, 1.54) is 0 Å². The molecule has 2 amide bonds. The van der Waals surface area contributed by atoms with Crippen molar-refractivity contribution in [3.63, 3.8) is 0 Å². The van der Waals surface area contributed by atoms with E-state index in [0.29, 0.717) is 18.5 Å². The highest BCUT2D eigenvalue weighted by atomic mass is 16.2.